The fraction of sp³-hybridized carbons (Fsp3) is 0.312. The number of urea groups is 1. The maximum Gasteiger partial charge on any atom is 0.321 e. The minimum atomic E-state index is -0.402. The van der Waals surface area contributed by atoms with Gasteiger partial charge in [-0.05, 0) is 12.8 Å². The van der Waals surface area contributed by atoms with Gasteiger partial charge in [-0.3, -0.25) is 10.1 Å². The number of hydrogen-bond acceptors (Lipinski definition) is 6. The van der Waals surface area contributed by atoms with Gasteiger partial charge in [0.1, 0.15) is 18.6 Å². The Bertz CT molecular complexity index is 795. The van der Waals surface area contributed by atoms with E-state index in [0.29, 0.717) is 16.8 Å². The summed E-state index contributed by atoms with van der Waals surface area (Å²) in [5.74, 6) is 0.994. The molecule has 0 bridgehead atoms. The number of aromatic nitrogens is 1. The number of carbonyl (C=O) groups excluding carboxylic acids is 1. The van der Waals surface area contributed by atoms with E-state index in [1.807, 2.05) is 5.38 Å². The molecule has 0 spiro atoms. The van der Waals surface area contributed by atoms with Crippen LogP contribution in [0.4, 0.5) is 9.93 Å². The number of carbonyl (C=O) groups is 1. The van der Waals surface area contributed by atoms with Crippen LogP contribution in [0.5, 0.6) is 5.75 Å². The lowest BCUT2D eigenvalue weighted by atomic mass is 10.3. The zero-order chi connectivity index (χ0) is 16.9. The van der Waals surface area contributed by atoms with E-state index >= 15 is 0 Å². The number of hydrogen-bond donors (Lipinski definition) is 2. The molecule has 1 aliphatic carbocycles. The lowest BCUT2D eigenvalue weighted by Crippen LogP contribution is -2.28. The molecular formula is C16H17N3O4S. The Kier molecular flexibility index (Phi) is 4.95. The van der Waals surface area contributed by atoms with E-state index in [-0.39, 0.29) is 24.3 Å². The number of thiazole rings is 1. The highest BCUT2D eigenvalue weighted by Crippen LogP contribution is 2.40. The largest absolute Gasteiger partial charge is 0.482 e. The van der Waals surface area contributed by atoms with Crippen LogP contribution in [-0.4, -0.2) is 17.6 Å². The highest BCUT2D eigenvalue weighted by atomic mass is 32.1. The lowest BCUT2D eigenvalue weighted by Gasteiger charge is -2.06. The van der Waals surface area contributed by atoms with Crippen LogP contribution >= 0.6 is 11.3 Å². The smallest absolute Gasteiger partial charge is 0.321 e. The molecule has 8 heteroatoms. The zero-order valence-corrected chi connectivity index (χ0v) is 13.7. The van der Waals surface area contributed by atoms with Crippen LogP contribution in [0.25, 0.3) is 0 Å². The summed E-state index contributed by atoms with van der Waals surface area (Å²) in [5, 5.41) is 7.82. The molecule has 0 radical (unpaired) electrons. The number of nitrogens with one attached hydrogen (secondary N) is 2. The Morgan fingerprint density at radius 3 is 3.08 bits per heavy atom. The molecular weight excluding hydrogens is 330 g/mol. The first-order valence-electron chi connectivity index (χ1n) is 7.51. The van der Waals surface area contributed by atoms with Crippen molar-refractivity contribution >= 4 is 22.5 Å². The molecule has 0 saturated heterocycles. The first kappa shape index (κ1) is 16.3. The van der Waals surface area contributed by atoms with Crippen molar-refractivity contribution in [2.24, 2.45) is 0 Å². The summed E-state index contributed by atoms with van der Waals surface area (Å²) in [6.45, 7) is 3.81. The van der Waals surface area contributed by atoms with Gasteiger partial charge in [0.2, 0.25) is 11.2 Å². The van der Waals surface area contributed by atoms with Crippen LogP contribution in [0.1, 0.15) is 30.2 Å². The molecule has 7 nitrogen and oxygen atoms in total. The normalized spacial score (nSPS) is 13.3. The summed E-state index contributed by atoms with van der Waals surface area (Å²) in [6.07, 6.45) is 5.10. The molecule has 2 amide bonds. The third-order valence-corrected chi connectivity index (χ3v) is 4.15. The van der Waals surface area contributed by atoms with E-state index in [1.54, 1.807) is 0 Å². The van der Waals surface area contributed by atoms with Gasteiger partial charge >= 0.3 is 6.03 Å². The minimum Gasteiger partial charge on any atom is -0.482 e. The summed E-state index contributed by atoms with van der Waals surface area (Å²) < 4.78 is 10.4. The van der Waals surface area contributed by atoms with E-state index in [4.69, 9.17) is 9.15 Å². The molecule has 2 N–H and O–H groups in total. The van der Waals surface area contributed by atoms with Gasteiger partial charge in [0.05, 0.1) is 12.2 Å². The van der Waals surface area contributed by atoms with Gasteiger partial charge in [-0.15, -0.1) is 11.3 Å². The van der Waals surface area contributed by atoms with Crippen LogP contribution in [0.2, 0.25) is 0 Å². The molecule has 1 fully saturated rings. The van der Waals surface area contributed by atoms with Gasteiger partial charge in [-0.1, -0.05) is 12.7 Å². The topological polar surface area (TPSA) is 93.5 Å². The minimum absolute atomic E-state index is 0.0870. The van der Waals surface area contributed by atoms with Gasteiger partial charge in [-0.25, -0.2) is 9.78 Å². The maximum absolute atomic E-state index is 11.9. The first-order chi connectivity index (χ1) is 11.7. The van der Waals surface area contributed by atoms with E-state index in [1.165, 1.54) is 42.6 Å². The van der Waals surface area contributed by atoms with Gasteiger partial charge in [0.25, 0.3) is 0 Å². The SMILES string of the molecule is C=CCOc1coc(CNC(=O)Nc2nc(C3CC3)cs2)cc1=O. The fourth-order valence-corrected chi connectivity index (χ4v) is 2.79. The Morgan fingerprint density at radius 1 is 1.54 bits per heavy atom. The fourth-order valence-electron chi connectivity index (χ4n) is 2.00. The number of amides is 2. The molecule has 3 rings (SSSR count). The second kappa shape index (κ2) is 7.31. The van der Waals surface area contributed by atoms with E-state index < -0.39 is 6.03 Å². The standard InChI is InChI=1S/C16H17N3O4S/c1-2-5-22-14-8-23-11(6-13(14)20)7-17-15(21)19-16-18-12(9-24-16)10-3-4-10/h2,6,8-10H,1,3-5,7H2,(H2,17,18,19,21). The van der Waals surface area contributed by atoms with Crippen molar-refractivity contribution in [2.75, 3.05) is 11.9 Å². The number of nitrogens with zero attached hydrogens (tertiary/aromatic N) is 1. The molecule has 0 atom stereocenters. The van der Waals surface area contributed by atoms with Crippen molar-refractivity contribution in [3.63, 3.8) is 0 Å². The highest BCUT2D eigenvalue weighted by molar-refractivity contribution is 7.13. The van der Waals surface area contributed by atoms with E-state index in [9.17, 15) is 9.59 Å². The average Bonchev–Trinajstić information content (AvgIpc) is 3.32. The Labute approximate surface area is 142 Å². The number of rotatable bonds is 7. The number of ether oxygens (including phenoxy) is 1. The molecule has 1 saturated carbocycles. The van der Waals surface area contributed by atoms with Crippen molar-refractivity contribution in [2.45, 2.75) is 25.3 Å². The van der Waals surface area contributed by atoms with Gasteiger partial charge in [-0.2, -0.15) is 0 Å². The van der Waals surface area contributed by atoms with Crippen molar-refractivity contribution in [3.05, 3.63) is 52.0 Å². The van der Waals surface area contributed by atoms with Crippen molar-refractivity contribution in [1.82, 2.24) is 10.3 Å². The third kappa shape index (κ3) is 4.23. The predicted octanol–water partition coefficient (Wildman–Crippen LogP) is 2.86. The maximum atomic E-state index is 11.9. The monoisotopic (exact) mass is 347 g/mol. The molecule has 126 valence electrons. The Balaban J connectivity index is 1.50. The zero-order valence-electron chi connectivity index (χ0n) is 12.9. The average molecular weight is 347 g/mol. The quantitative estimate of drug-likeness (QED) is 0.751. The lowest BCUT2D eigenvalue weighted by molar-refractivity contribution is 0.250. The second-order valence-corrected chi connectivity index (χ2v) is 6.19. The Hall–Kier alpha value is -2.61. The molecule has 2 aromatic heterocycles. The molecule has 2 aromatic rings. The van der Waals surface area contributed by atoms with Crippen LogP contribution in [0.15, 0.2) is 39.6 Å². The predicted molar refractivity (Wildman–Crippen MR) is 90.6 cm³/mol. The molecule has 24 heavy (non-hydrogen) atoms. The molecule has 0 aliphatic heterocycles. The van der Waals surface area contributed by atoms with Crippen LogP contribution < -0.4 is 20.8 Å². The molecule has 0 aromatic carbocycles. The van der Waals surface area contributed by atoms with E-state index in [0.717, 1.165) is 5.69 Å². The first-order valence-corrected chi connectivity index (χ1v) is 8.39. The summed E-state index contributed by atoms with van der Waals surface area (Å²) >= 11 is 1.40. The molecule has 1 aliphatic rings. The van der Waals surface area contributed by atoms with Crippen LogP contribution in [0, 0.1) is 0 Å². The second-order valence-electron chi connectivity index (χ2n) is 5.33. The summed E-state index contributed by atoms with van der Waals surface area (Å²) in [4.78, 5) is 28.0. The van der Waals surface area contributed by atoms with Gasteiger partial charge in [0.15, 0.2) is 5.13 Å². The molecule has 0 unspecified atom stereocenters. The number of anilines is 1. The van der Waals surface area contributed by atoms with E-state index in [2.05, 4.69) is 22.2 Å². The third-order valence-electron chi connectivity index (χ3n) is 3.37. The van der Waals surface area contributed by atoms with Gasteiger partial charge in [0, 0.05) is 17.4 Å². The highest BCUT2D eigenvalue weighted by Gasteiger charge is 2.26. The molecule has 2 heterocycles. The Morgan fingerprint density at radius 2 is 2.38 bits per heavy atom. The van der Waals surface area contributed by atoms with Crippen molar-refractivity contribution < 1.29 is 13.9 Å². The van der Waals surface area contributed by atoms with Crippen LogP contribution in [0.3, 0.4) is 0 Å². The summed E-state index contributed by atoms with van der Waals surface area (Å²) in [5.41, 5.74) is 0.728. The summed E-state index contributed by atoms with van der Waals surface area (Å²) in [6, 6.07) is 0.883. The van der Waals surface area contributed by atoms with Crippen molar-refractivity contribution in [1.29, 1.82) is 0 Å². The van der Waals surface area contributed by atoms with Crippen LogP contribution in [-0.2, 0) is 6.54 Å². The van der Waals surface area contributed by atoms with Crippen molar-refractivity contribution in [3.8, 4) is 5.75 Å². The summed E-state index contributed by atoms with van der Waals surface area (Å²) in [7, 11) is 0. The van der Waals surface area contributed by atoms with Gasteiger partial charge < -0.3 is 14.5 Å².